The Bertz CT molecular complexity index is 699. The summed E-state index contributed by atoms with van der Waals surface area (Å²) in [6, 6.07) is 0. The number of ketones is 1. The summed E-state index contributed by atoms with van der Waals surface area (Å²) in [6.45, 7) is 4.13. The van der Waals surface area contributed by atoms with E-state index in [9.17, 15) is 19.5 Å². The zero-order chi connectivity index (χ0) is 30.9. The van der Waals surface area contributed by atoms with E-state index in [4.69, 9.17) is 9.47 Å². The molecule has 0 unspecified atom stereocenters. The van der Waals surface area contributed by atoms with Gasteiger partial charge in [-0.1, -0.05) is 135 Å². The van der Waals surface area contributed by atoms with Gasteiger partial charge in [-0.2, -0.15) is 0 Å². The van der Waals surface area contributed by atoms with E-state index in [-0.39, 0.29) is 30.9 Å². The highest BCUT2D eigenvalue weighted by molar-refractivity contribution is 5.89. The molecule has 0 saturated carbocycles. The van der Waals surface area contributed by atoms with Crippen LogP contribution in [0.25, 0.3) is 0 Å². The molecule has 0 spiro atoms. The molecule has 0 aliphatic rings. The van der Waals surface area contributed by atoms with Gasteiger partial charge in [-0.25, -0.2) is 0 Å². The molecule has 0 aromatic rings. The summed E-state index contributed by atoms with van der Waals surface area (Å²) in [5.74, 6) is -0.495. The number of hydrogen-bond acceptors (Lipinski definition) is 6. The Balaban J connectivity index is 3.54. The third kappa shape index (κ3) is 31.0. The zero-order valence-corrected chi connectivity index (χ0v) is 27.3. The minimum Gasteiger partial charge on any atom is -0.463 e. The highest BCUT2D eigenvalue weighted by Gasteiger charge is 2.12. The van der Waals surface area contributed by atoms with Crippen molar-refractivity contribution >= 4 is 17.7 Å². The molecule has 0 aromatic heterocycles. The van der Waals surface area contributed by atoms with Gasteiger partial charge in [-0.05, 0) is 38.2 Å². The van der Waals surface area contributed by atoms with Crippen molar-refractivity contribution in [3.8, 4) is 0 Å². The van der Waals surface area contributed by atoms with E-state index in [1.165, 1.54) is 77.0 Å². The minimum absolute atomic E-state index is 0.145. The molecular formula is C36H64O6. The van der Waals surface area contributed by atoms with Crippen molar-refractivity contribution in [1.82, 2.24) is 0 Å². The van der Waals surface area contributed by atoms with Gasteiger partial charge in [0.15, 0.2) is 5.78 Å². The van der Waals surface area contributed by atoms with Gasteiger partial charge in [0, 0.05) is 19.3 Å². The molecular weight excluding hydrogens is 528 g/mol. The van der Waals surface area contributed by atoms with Gasteiger partial charge in [-0.3, -0.25) is 14.4 Å². The first kappa shape index (κ1) is 40.1. The summed E-state index contributed by atoms with van der Waals surface area (Å²) in [7, 11) is 0. The van der Waals surface area contributed by atoms with Crippen LogP contribution in [-0.2, 0) is 23.9 Å². The van der Waals surface area contributed by atoms with Crippen LogP contribution in [0.15, 0.2) is 24.3 Å². The third-order valence-electron chi connectivity index (χ3n) is 7.42. The molecule has 0 fully saturated rings. The second-order valence-corrected chi connectivity index (χ2v) is 11.7. The molecule has 42 heavy (non-hydrogen) atoms. The van der Waals surface area contributed by atoms with Gasteiger partial charge in [0.1, 0.15) is 19.3 Å². The van der Waals surface area contributed by atoms with Crippen LogP contribution in [0.5, 0.6) is 0 Å². The second-order valence-electron chi connectivity index (χ2n) is 11.7. The van der Waals surface area contributed by atoms with E-state index in [0.29, 0.717) is 19.3 Å². The molecule has 0 aromatic carbocycles. The average Bonchev–Trinajstić information content (AvgIpc) is 2.98. The average molecular weight is 593 g/mol. The van der Waals surface area contributed by atoms with Crippen LogP contribution in [0.4, 0.5) is 0 Å². The maximum absolute atomic E-state index is 11.9. The van der Waals surface area contributed by atoms with E-state index in [1.807, 2.05) is 12.2 Å². The number of aliphatic hydroxyl groups excluding tert-OH is 1. The molecule has 0 rings (SSSR count). The summed E-state index contributed by atoms with van der Waals surface area (Å²) in [5.41, 5.74) is 0. The summed E-state index contributed by atoms with van der Waals surface area (Å²) >= 11 is 0. The number of unbranched alkanes of at least 4 members (excludes halogenated alkanes) is 18. The van der Waals surface area contributed by atoms with Crippen molar-refractivity contribution in [2.75, 3.05) is 13.2 Å². The molecule has 0 saturated heterocycles. The Hall–Kier alpha value is -1.95. The lowest BCUT2D eigenvalue weighted by Crippen LogP contribution is -2.25. The zero-order valence-electron chi connectivity index (χ0n) is 27.3. The number of hydrogen-bond donors (Lipinski definition) is 1. The first-order chi connectivity index (χ1) is 20.5. The van der Waals surface area contributed by atoms with E-state index in [0.717, 1.165) is 57.8 Å². The molecule has 1 atom stereocenters. The first-order valence-electron chi connectivity index (χ1n) is 17.3. The number of rotatable bonds is 31. The maximum Gasteiger partial charge on any atom is 0.305 e. The number of carbonyl (C=O) groups is 3. The molecule has 244 valence electrons. The Morgan fingerprint density at radius 3 is 1.43 bits per heavy atom. The summed E-state index contributed by atoms with van der Waals surface area (Å²) < 4.78 is 10.2. The highest BCUT2D eigenvalue weighted by atomic mass is 16.6. The Morgan fingerprint density at radius 2 is 0.952 bits per heavy atom. The van der Waals surface area contributed by atoms with Crippen LogP contribution in [0.3, 0.4) is 0 Å². The second kappa shape index (κ2) is 32.0. The van der Waals surface area contributed by atoms with Gasteiger partial charge in [0.05, 0.1) is 0 Å². The molecule has 6 heteroatoms. The number of ether oxygens (including phenoxy) is 2. The van der Waals surface area contributed by atoms with Crippen molar-refractivity contribution in [3.63, 3.8) is 0 Å². The van der Waals surface area contributed by atoms with E-state index in [2.05, 4.69) is 19.9 Å². The Labute approximate surface area is 258 Å². The number of esters is 2. The molecule has 0 radical (unpaired) electrons. The third-order valence-corrected chi connectivity index (χ3v) is 7.42. The van der Waals surface area contributed by atoms with Crippen LogP contribution < -0.4 is 0 Å². The topological polar surface area (TPSA) is 89.9 Å². The van der Waals surface area contributed by atoms with Crippen molar-refractivity contribution in [2.24, 2.45) is 0 Å². The molecule has 6 nitrogen and oxygen atoms in total. The smallest absolute Gasteiger partial charge is 0.305 e. The first-order valence-corrected chi connectivity index (χ1v) is 17.3. The predicted octanol–water partition coefficient (Wildman–Crippen LogP) is 9.52. The van der Waals surface area contributed by atoms with Gasteiger partial charge >= 0.3 is 11.9 Å². The van der Waals surface area contributed by atoms with Crippen LogP contribution in [0.1, 0.15) is 168 Å². The molecule has 0 aliphatic heterocycles. The number of allylic oxidation sites excluding steroid dienone is 4. The fraction of sp³-hybridized carbons (Fsp3) is 0.806. The van der Waals surface area contributed by atoms with Crippen LogP contribution in [0.2, 0.25) is 0 Å². The predicted molar refractivity (Wildman–Crippen MR) is 173 cm³/mol. The molecule has 0 bridgehead atoms. The summed E-state index contributed by atoms with van der Waals surface area (Å²) in [5, 5.41) is 9.95. The lowest BCUT2D eigenvalue weighted by molar-refractivity contribution is -0.152. The summed E-state index contributed by atoms with van der Waals surface area (Å²) in [4.78, 5) is 35.7. The largest absolute Gasteiger partial charge is 0.463 e. The number of carbonyl (C=O) groups excluding carboxylic acids is 3. The van der Waals surface area contributed by atoms with Gasteiger partial charge in [-0.15, -0.1) is 0 Å². The van der Waals surface area contributed by atoms with Gasteiger partial charge < -0.3 is 14.6 Å². The lowest BCUT2D eigenvalue weighted by Gasteiger charge is -2.12. The lowest BCUT2D eigenvalue weighted by atomic mass is 10.0. The number of aliphatic hydroxyl groups is 1. The van der Waals surface area contributed by atoms with Gasteiger partial charge in [0.2, 0.25) is 0 Å². The van der Waals surface area contributed by atoms with Crippen molar-refractivity contribution in [3.05, 3.63) is 24.3 Å². The van der Waals surface area contributed by atoms with Crippen LogP contribution in [-0.4, -0.2) is 42.1 Å². The van der Waals surface area contributed by atoms with Crippen LogP contribution in [0, 0.1) is 0 Å². The highest BCUT2D eigenvalue weighted by Crippen LogP contribution is 2.13. The summed E-state index contributed by atoms with van der Waals surface area (Å²) in [6.07, 6.45) is 31.8. The quantitative estimate of drug-likeness (QED) is 0.0373. The van der Waals surface area contributed by atoms with E-state index in [1.54, 1.807) is 6.08 Å². The molecule has 0 aliphatic carbocycles. The van der Waals surface area contributed by atoms with E-state index < -0.39 is 6.10 Å². The maximum atomic E-state index is 11.9. The molecule has 1 N–H and O–H groups in total. The fourth-order valence-corrected chi connectivity index (χ4v) is 4.71. The van der Waals surface area contributed by atoms with E-state index >= 15 is 0 Å². The standard InChI is InChI=1S/C36H64O6/c1-3-5-7-9-11-12-13-14-15-17-21-25-29-35(39)41-31-34(38)32-42-36(40)30-26-22-18-20-24-28-33(37)27-23-19-16-10-8-6-4-2/h16,19,23,27,34,38H,3-15,17-18,20-22,24-26,28-32H2,1-2H3/b19-16-,27-23+/t34-/m0/s1. The van der Waals surface area contributed by atoms with Crippen molar-refractivity contribution in [2.45, 2.75) is 174 Å². The molecule has 0 heterocycles. The fourth-order valence-electron chi connectivity index (χ4n) is 4.71. The van der Waals surface area contributed by atoms with Crippen LogP contribution >= 0.6 is 0 Å². The Morgan fingerprint density at radius 1 is 0.548 bits per heavy atom. The Kier molecular flexibility index (Phi) is 30.5. The minimum atomic E-state index is -0.997. The monoisotopic (exact) mass is 592 g/mol. The van der Waals surface area contributed by atoms with Crippen molar-refractivity contribution < 1.29 is 29.0 Å². The SMILES string of the molecule is CCCCC/C=C\C=C\C(=O)CCCCCCCC(=O)OC[C@@H](O)COC(=O)CCCCCCCCCCCCCC. The normalized spacial score (nSPS) is 12.3. The van der Waals surface area contributed by atoms with Gasteiger partial charge in [0.25, 0.3) is 0 Å². The van der Waals surface area contributed by atoms with Crippen molar-refractivity contribution in [1.29, 1.82) is 0 Å². The molecule has 0 amide bonds.